The second-order valence-corrected chi connectivity index (χ2v) is 7.86. The first kappa shape index (κ1) is 19.4. The number of ether oxygens (including phenoxy) is 1. The van der Waals surface area contributed by atoms with Gasteiger partial charge in [-0.15, -0.1) is 11.3 Å². The van der Waals surface area contributed by atoms with Gasteiger partial charge in [0, 0.05) is 42.8 Å². The molecule has 29 heavy (non-hydrogen) atoms. The molecule has 2 aromatic carbocycles. The molecule has 0 unspecified atom stereocenters. The fourth-order valence-corrected chi connectivity index (χ4v) is 4.17. The third-order valence-corrected chi connectivity index (χ3v) is 5.79. The van der Waals surface area contributed by atoms with E-state index in [9.17, 15) is 4.79 Å². The van der Waals surface area contributed by atoms with Crippen molar-refractivity contribution in [1.82, 2.24) is 14.8 Å². The normalized spacial score (nSPS) is 14.6. The van der Waals surface area contributed by atoms with Gasteiger partial charge in [0.2, 0.25) is 0 Å². The number of carbonyl (C=O) groups excluding carboxylic acids is 1. The molecule has 1 aromatic heterocycles. The van der Waals surface area contributed by atoms with Gasteiger partial charge in [-0.05, 0) is 24.3 Å². The van der Waals surface area contributed by atoms with E-state index in [1.54, 1.807) is 18.4 Å². The quantitative estimate of drug-likeness (QED) is 0.688. The van der Waals surface area contributed by atoms with Crippen molar-refractivity contribution >= 4 is 23.1 Å². The highest BCUT2D eigenvalue weighted by atomic mass is 32.1. The van der Waals surface area contributed by atoms with Gasteiger partial charge < -0.3 is 15.0 Å². The third kappa shape index (κ3) is 4.93. The number of nitrogens with one attached hydrogen (secondary N) is 1. The average Bonchev–Trinajstić information content (AvgIpc) is 3.23. The van der Waals surface area contributed by atoms with E-state index in [0.717, 1.165) is 47.3 Å². The summed E-state index contributed by atoms with van der Waals surface area (Å²) in [5.41, 5.74) is 2.87. The summed E-state index contributed by atoms with van der Waals surface area (Å²) in [6.45, 7) is 3.93. The molecule has 7 heteroatoms. The molecular weight excluding hydrogens is 384 g/mol. The summed E-state index contributed by atoms with van der Waals surface area (Å²) in [7, 11) is 1.67. The highest BCUT2D eigenvalue weighted by molar-refractivity contribution is 7.09. The molecule has 150 valence electrons. The number of amides is 2. The highest BCUT2D eigenvalue weighted by Crippen LogP contribution is 2.26. The summed E-state index contributed by atoms with van der Waals surface area (Å²) < 4.78 is 5.30. The Hall–Kier alpha value is -2.90. The van der Waals surface area contributed by atoms with Crippen LogP contribution in [-0.2, 0) is 6.54 Å². The molecule has 1 saturated heterocycles. The lowest BCUT2D eigenvalue weighted by Crippen LogP contribution is -2.49. The fourth-order valence-electron chi connectivity index (χ4n) is 3.32. The van der Waals surface area contributed by atoms with E-state index in [1.165, 1.54) is 0 Å². The molecule has 0 radical (unpaired) electrons. The SMILES string of the molecule is COc1cccc(-c2csc(CN3CCN(C(=O)Nc4ccccc4)CC3)n2)c1. The smallest absolute Gasteiger partial charge is 0.321 e. The topological polar surface area (TPSA) is 57.7 Å². The first-order valence-corrected chi connectivity index (χ1v) is 10.5. The van der Waals surface area contributed by atoms with Gasteiger partial charge in [-0.1, -0.05) is 30.3 Å². The van der Waals surface area contributed by atoms with Crippen LogP contribution in [0.4, 0.5) is 10.5 Å². The van der Waals surface area contributed by atoms with Crippen LogP contribution in [0.3, 0.4) is 0 Å². The molecule has 2 amide bonds. The number of carbonyl (C=O) groups is 1. The van der Waals surface area contributed by atoms with Gasteiger partial charge in [-0.2, -0.15) is 0 Å². The Morgan fingerprint density at radius 3 is 2.66 bits per heavy atom. The van der Waals surface area contributed by atoms with Crippen molar-refractivity contribution in [3.05, 3.63) is 65.0 Å². The Morgan fingerprint density at radius 1 is 1.10 bits per heavy atom. The molecule has 0 atom stereocenters. The number of rotatable bonds is 5. The maximum absolute atomic E-state index is 12.4. The summed E-state index contributed by atoms with van der Waals surface area (Å²) in [4.78, 5) is 21.4. The van der Waals surface area contributed by atoms with Crippen molar-refractivity contribution in [2.45, 2.75) is 6.54 Å². The zero-order valence-electron chi connectivity index (χ0n) is 16.4. The second kappa shape index (κ2) is 9.07. The monoisotopic (exact) mass is 408 g/mol. The maximum Gasteiger partial charge on any atom is 0.321 e. The number of nitrogens with zero attached hydrogens (tertiary/aromatic N) is 3. The Kier molecular flexibility index (Phi) is 6.07. The summed E-state index contributed by atoms with van der Waals surface area (Å²) >= 11 is 1.67. The van der Waals surface area contributed by atoms with E-state index in [2.05, 4.69) is 15.6 Å². The lowest BCUT2D eigenvalue weighted by Gasteiger charge is -2.34. The molecule has 6 nitrogen and oxygen atoms in total. The zero-order chi connectivity index (χ0) is 20.1. The number of thiazole rings is 1. The first-order valence-electron chi connectivity index (χ1n) is 9.63. The van der Waals surface area contributed by atoms with Gasteiger partial charge in [0.05, 0.1) is 19.3 Å². The Bertz CT molecular complexity index is 952. The number of hydrogen-bond acceptors (Lipinski definition) is 5. The number of piperazine rings is 1. The predicted molar refractivity (Wildman–Crippen MR) is 116 cm³/mol. The van der Waals surface area contributed by atoms with Crippen LogP contribution in [0.25, 0.3) is 11.3 Å². The lowest BCUT2D eigenvalue weighted by molar-refractivity contribution is 0.143. The van der Waals surface area contributed by atoms with Crippen molar-refractivity contribution in [1.29, 1.82) is 0 Å². The number of methoxy groups -OCH3 is 1. The average molecular weight is 409 g/mol. The number of para-hydroxylation sites is 1. The largest absolute Gasteiger partial charge is 0.497 e. The Labute approximate surface area is 174 Å². The van der Waals surface area contributed by atoms with Gasteiger partial charge in [0.25, 0.3) is 0 Å². The Morgan fingerprint density at radius 2 is 1.90 bits per heavy atom. The molecule has 4 rings (SSSR count). The molecular formula is C22H24N4O2S. The molecule has 0 saturated carbocycles. The summed E-state index contributed by atoms with van der Waals surface area (Å²) in [6, 6.07) is 17.5. The van der Waals surface area contributed by atoms with Crippen molar-refractivity contribution in [3.63, 3.8) is 0 Å². The molecule has 0 spiro atoms. The van der Waals surface area contributed by atoms with Crippen molar-refractivity contribution < 1.29 is 9.53 Å². The summed E-state index contributed by atoms with van der Waals surface area (Å²) in [6.07, 6.45) is 0. The van der Waals surface area contributed by atoms with E-state index in [4.69, 9.17) is 9.72 Å². The zero-order valence-corrected chi connectivity index (χ0v) is 17.2. The minimum atomic E-state index is -0.0367. The molecule has 0 bridgehead atoms. The Balaban J connectivity index is 1.30. The van der Waals surface area contributed by atoms with Crippen LogP contribution in [0.1, 0.15) is 5.01 Å². The highest BCUT2D eigenvalue weighted by Gasteiger charge is 2.22. The summed E-state index contributed by atoms with van der Waals surface area (Å²) in [5, 5.41) is 6.13. The molecule has 1 aliphatic rings. The van der Waals surface area contributed by atoms with Gasteiger partial charge >= 0.3 is 6.03 Å². The number of hydrogen-bond donors (Lipinski definition) is 1. The third-order valence-electron chi connectivity index (χ3n) is 4.96. The molecule has 1 aliphatic heterocycles. The standard InChI is InChI=1S/C22H24N4O2S/c1-28-19-9-5-6-17(14-19)20-16-29-21(24-20)15-25-10-12-26(13-11-25)22(27)23-18-7-3-2-4-8-18/h2-9,14,16H,10-13,15H2,1H3,(H,23,27). The van der Waals surface area contributed by atoms with E-state index < -0.39 is 0 Å². The minimum Gasteiger partial charge on any atom is -0.497 e. The predicted octanol–water partition coefficient (Wildman–Crippen LogP) is 4.17. The van der Waals surface area contributed by atoms with E-state index in [-0.39, 0.29) is 6.03 Å². The lowest BCUT2D eigenvalue weighted by atomic mass is 10.2. The molecule has 1 N–H and O–H groups in total. The number of benzene rings is 2. The van der Waals surface area contributed by atoms with Crippen molar-refractivity contribution in [3.8, 4) is 17.0 Å². The van der Waals surface area contributed by atoms with Gasteiger partial charge in [0.1, 0.15) is 10.8 Å². The number of urea groups is 1. The van der Waals surface area contributed by atoms with E-state index in [0.29, 0.717) is 13.1 Å². The van der Waals surface area contributed by atoms with Crippen molar-refractivity contribution in [2.75, 3.05) is 38.6 Å². The van der Waals surface area contributed by atoms with Crippen LogP contribution >= 0.6 is 11.3 Å². The van der Waals surface area contributed by atoms with Gasteiger partial charge in [0.15, 0.2) is 0 Å². The van der Waals surface area contributed by atoms with Crippen LogP contribution in [0, 0.1) is 0 Å². The van der Waals surface area contributed by atoms with Crippen LogP contribution < -0.4 is 10.1 Å². The van der Waals surface area contributed by atoms with Crippen LogP contribution in [0.15, 0.2) is 60.0 Å². The maximum atomic E-state index is 12.4. The van der Waals surface area contributed by atoms with Crippen LogP contribution in [0.5, 0.6) is 5.75 Å². The molecule has 3 aromatic rings. The molecule has 2 heterocycles. The molecule has 0 aliphatic carbocycles. The number of anilines is 1. The van der Waals surface area contributed by atoms with Crippen LogP contribution in [0.2, 0.25) is 0 Å². The van der Waals surface area contributed by atoms with Crippen molar-refractivity contribution in [2.24, 2.45) is 0 Å². The summed E-state index contributed by atoms with van der Waals surface area (Å²) in [5.74, 6) is 0.835. The van der Waals surface area contributed by atoms with E-state index in [1.807, 2.05) is 59.5 Å². The number of aromatic nitrogens is 1. The fraction of sp³-hybridized carbons (Fsp3) is 0.273. The van der Waals surface area contributed by atoms with Crippen LogP contribution in [-0.4, -0.2) is 54.1 Å². The van der Waals surface area contributed by atoms with E-state index >= 15 is 0 Å². The first-order chi connectivity index (χ1) is 14.2. The van der Waals surface area contributed by atoms with Gasteiger partial charge in [-0.25, -0.2) is 9.78 Å². The van der Waals surface area contributed by atoms with Gasteiger partial charge in [-0.3, -0.25) is 4.90 Å². The molecule has 1 fully saturated rings. The minimum absolute atomic E-state index is 0.0367. The second-order valence-electron chi connectivity index (χ2n) is 6.92.